The Morgan fingerprint density at radius 3 is 2.29 bits per heavy atom. The minimum atomic E-state index is -0.956. The third-order valence-corrected chi connectivity index (χ3v) is 7.35. The average molecular weight is 465 g/mol. The number of rotatable bonds is 7. The first kappa shape index (κ1) is 23.8. The second-order valence-corrected chi connectivity index (χ2v) is 9.64. The fraction of sp³-hybridized carbons (Fsp3) is 0.444. The van der Waals surface area contributed by atoms with Crippen LogP contribution >= 0.6 is 0 Å². The van der Waals surface area contributed by atoms with E-state index >= 15 is 0 Å². The van der Waals surface area contributed by atoms with Crippen LogP contribution in [0.15, 0.2) is 48.5 Å². The predicted octanol–water partition coefficient (Wildman–Crippen LogP) is 4.31. The maximum Gasteiger partial charge on any atom is 0.407 e. The molecule has 3 unspecified atom stereocenters. The van der Waals surface area contributed by atoms with Gasteiger partial charge in [0.05, 0.1) is 11.3 Å². The third-order valence-electron chi connectivity index (χ3n) is 7.35. The fourth-order valence-electron chi connectivity index (χ4n) is 5.15. The van der Waals surface area contributed by atoms with Crippen LogP contribution in [0.4, 0.5) is 4.79 Å². The number of carbonyl (C=O) groups is 3. The summed E-state index contributed by atoms with van der Waals surface area (Å²) in [7, 11) is 0. The van der Waals surface area contributed by atoms with E-state index in [9.17, 15) is 14.4 Å². The quantitative estimate of drug-likeness (QED) is 0.566. The Morgan fingerprint density at radius 1 is 1.06 bits per heavy atom. The molecule has 1 fully saturated rings. The normalized spacial score (nSPS) is 22.2. The summed E-state index contributed by atoms with van der Waals surface area (Å²) in [6.45, 7) is 3.66. The molecule has 1 saturated carbocycles. The average Bonchev–Trinajstić information content (AvgIpc) is 3.16. The van der Waals surface area contributed by atoms with Crippen LogP contribution in [0.1, 0.15) is 56.6 Å². The van der Waals surface area contributed by atoms with Crippen molar-refractivity contribution in [2.24, 2.45) is 11.3 Å². The lowest BCUT2D eigenvalue weighted by Gasteiger charge is -2.40. The Labute approximate surface area is 199 Å². The van der Waals surface area contributed by atoms with Gasteiger partial charge in [-0.2, -0.15) is 0 Å². The molecule has 7 nitrogen and oxygen atoms in total. The molecule has 180 valence electrons. The number of ether oxygens (including phenoxy) is 1. The van der Waals surface area contributed by atoms with Gasteiger partial charge in [-0.15, -0.1) is 0 Å². The van der Waals surface area contributed by atoms with E-state index in [1.165, 1.54) is 11.1 Å². The molecular weight excluding hydrogens is 432 g/mol. The van der Waals surface area contributed by atoms with Crippen molar-refractivity contribution in [2.45, 2.75) is 51.5 Å². The number of amides is 2. The zero-order valence-electron chi connectivity index (χ0n) is 19.7. The highest BCUT2D eigenvalue weighted by Gasteiger charge is 2.44. The maximum absolute atomic E-state index is 13.0. The smallest absolute Gasteiger partial charge is 0.407 e. The number of hydrogen-bond donors (Lipinski definition) is 3. The summed E-state index contributed by atoms with van der Waals surface area (Å²) in [4.78, 5) is 36.9. The summed E-state index contributed by atoms with van der Waals surface area (Å²) in [6.07, 6.45) is 2.54. The maximum atomic E-state index is 13.0. The van der Waals surface area contributed by atoms with E-state index in [0.29, 0.717) is 12.8 Å². The van der Waals surface area contributed by atoms with Gasteiger partial charge in [0.25, 0.3) is 0 Å². The topological polar surface area (TPSA) is 105 Å². The van der Waals surface area contributed by atoms with Crippen LogP contribution in [0.25, 0.3) is 11.1 Å². The first-order valence-corrected chi connectivity index (χ1v) is 11.9. The van der Waals surface area contributed by atoms with Gasteiger partial charge in [0.15, 0.2) is 0 Å². The number of benzene rings is 2. The Hall–Kier alpha value is -3.35. The lowest BCUT2D eigenvalue weighted by Crippen LogP contribution is -2.56. The molecule has 0 bridgehead atoms. The van der Waals surface area contributed by atoms with Crippen molar-refractivity contribution in [1.82, 2.24) is 10.6 Å². The minimum absolute atomic E-state index is 0.0308. The molecule has 3 atom stereocenters. The molecule has 0 spiro atoms. The molecule has 2 amide bonds. The Balaban J connectivity index is 1.40. The standard InChI is InChI=1S/C27H32N2O5/c1-17(24(30)31)15-28-25(32)27(2)14-8-7-13-23(27)29-26(33)34-16-22-20-11-5-3-9-18(20)19-10-4-6-12-21(19)22/h3-6,9-12,17,22-23H,7-8,13-16H2,1-2H3,(H,28,32)(H,29,33)(H,30,31). The van der Waals surface area contributed by atoms with Crippen LogP contribution in [0.2, 0.25) is 0 Å². The van der Waals surface area contributed by atoms with E-state index < -0.39 is 23.4 Å². The van der Waals surface area contributed by atoms with Crippen molar-refractivity contribution in [1.29, 1.82) is 0 Å². The molecule has 2 aliphatic carbocycles. The monoisotopic (exact) mass is 464 g/mol. The lowest BCUT2D eigenvalue weighted by molar-refractivity contribution is -0.141. The molecule has 0 aliphatic heterocycles. The van der Waals surface area contributed by atoms with E-state index in [4.69, 9.17) is 9.84 Å². The SMILES string of the molecule is CC(CNC(=O)C1(C)CCCCC1NC(=O)OCC1c2ccccc2-c2ccccc21)C(=O)O. The molecule has 2 aromatic carbocycles. The summed E-state index contributed by atoms with van der Waals surface area (Å²) in [6, 6.07) is 16.0. The fourth-order valence-corrected chi connectivity index (χ4v) is 5.15. The summed E-state index contributed by atoms with van der Waals surface area (Å²) in [5.74, 6) is -1.90. The summed E-state index contributed by atoms with van der Waals surface area (Å²) in [5, 5.41) is 14.8. The minimum Gasteiger partial charge on any atom is -0.481 e. The highest BCUT2D eigenvalue weighted by molar-refractivity contribution is 5.84. The van der Waals surface area contributed by atoms with Crippen molar-refractivity contribution in [2.75, 3.05) is 13.2 Å². The van der Waals surface area contributed by atoms with E-state index in [1.54, 1.807) is 6.92 Å². The van der Waals surface area contributed by atoms with Crippen molar-refractivity contribution in [3.63, 3.8) is 0 Å². The van der Waals surface area contributed by atoms with Gasteiger partial charge < -0.3 is 20.5 Å². The molecule has 4 rings (SSSR count). The van der Waals surface area contributed by atoms with Crippen molar-refractivity contribution < 1.29 is 24.2 Å². The number of carbonyl (C=O) groups excluding carboxylic acids is 2. The van der Waals surface area contributed by atoms with Crippen molar-refractivity contribution >= 4 is 18.0 Å². The number of alkyl carbamates (subject to hydrolysis) is 1. The second-order valence-electron chi connectivity index (χ2n) is 9.64. The summed E-state index contributed by atoms with van der Waals surface area (Å²) in [5.41, 5.74) is 3.80. The first-order chi connectivity index (χ1) is 16.3. The Morgan fingerprint density at radius 2 is 1.68 bits per heavy atom. The molecule has 7 heteroatoms. The van der Waals surface area contributed by atoms with Crippen LogP contribution in [0.5, 0.6) is 0 Å². The molecule has 3 N–H and O–H groups in total. The predicted molar refractivity (Wildman–Crippen MR) is 128 cm³/mol. The van der Waals surface area contributed by atoms with E-state index in [1.807, 2.05) is 31.2 Å². The van der Waals surface area contributed by atoms with Gasteiger partial charge in [0.2, 0.25) is 5.91 Å². The third kappa shape index (κ3) is 4.65. The zero-order chi connectivity index (χ0) is 24.3. The number of aliphatic carboxylic acids is 1. The van der Waals surface area contributed by atoms with Gasteiger partial charge in [-0.1, -0.05) is 68.3 Å². The van der Waals surface area contributed by atoms with Gasteiger partial charge in [-0.3, -0.25) is 9.59 Å². The van der Waals surface area contributed by atoms with Gasteiger partial charge in [-0.05, 0) is 42.0 Å². The molecule has 2 aromatic rings. The van der Waals surface area contributed by atoms with Gasteiger partial charge >= 0.3 is 12.1 Å². The van der Waals surface area contributed by atoms with E-state index in [-0.39, 0.29) is 31.0 Å². The van der Waals surface area contributed by atoms with Gasteiger partial charge in [-0.25, -0.2) is 4.79 Å². The highest BCUT2D eigenvalue weighted by Crippen LogP contribution is 2.44. The Kier molecular flexibility index (Phi) is 6.91. The molecule has 0 saturated heterocycles. The zero-order valence-corrected chi connectivity index (χ0v) is 19.7. The number of carboxylic acids is 1. The van der Waals surface area contributed by atoms with Crippen LogP contribution in [-0.2, 0) is 14.3 Å². The molecule has 0 radical (unpaired) electrons. The van der Waals surface area contributed by atoms with Crippen LogP contribution in [-0.4, -0.2) is 42.3 Å². The molecular formula is C27H32N2O5. The van der Waals surface area contributed by atoms with Crippen LogP contribution in [0.3, 0.4) is 0 Å². The van der Waals surface area contributed by atoms with Crippen molar-refractivity contribution in [3.8, 4) is 11.1 Å². The molecule has 34 heavy (non-hydrogen) atoms. The second kappa shape index (κ2) is 9.87. The van der Waals surface area contributed by atoms with Crippen molar-refractivity contribution in [3.05, 3.63) is 59.7 Å². The largest absolute Gasteiger partial charge is 0.481 e. The lowest BCUT2D eigenvalue weighted by atomic mass is 9.71. The number of nitrogens with one attached hydrogen (secondary N) is 2. The summed E-state index contributed by atoms with van der Waals surface area (Å²) >= 11 is 0. The Bertz CT molecular complexity index is 1040. The number of hydrogen-bond acceptors (Lipinski definition) is 4. The number of fused-ring (bicyclic) bond motifs is 3. The highest BCUT2D eigenvalue weighted by atomic mass is 16.5. The van der Waals surface area contributed by atoms with Crippen LogP contribution < -0.4 is 10.6 Å². The van der Waals surface area contributed by atoms with Crippen LogP contribution in [0, 0.1) is 11.3 Å². The first-order valence-electron chi connectivity index (χ1n) is 11.9. The van der Waals surface area contributed by atoms with E-state index in [0.717, 1.165) is 24.0 Å². The molecule has 0 heterocycles. The number of carboxylic acid groups (broad SMARTS) is 1. The molecule has 2 aliphatic rings. The molecule has 0 aromatic heterocycles. The summed E-state index contributed by atoms with van der Waals surface area (Å²) < 4.78 is 5.69. The van der Waals surface area contributed by atoms with E-state index in [2.05, 4.69) is 34.9 Å². The van der Waals surface area contributed by atoms with Gasteiger partial charge in [0, 0.05) is 18.5 Å². The van der Waals surface area contributed by atoms with Gasteiger partial charge in [0.1, 0.15) is 6.61 Å².